The highest BCUT2D eigenvalue weighted by Gasteiger charge is 2.22. The Morgan fingerprint density at radius 3 is 2.79 bits per heavy atom. The quantitative estimate of drug-likeness (QED) is 0.875. The summed E-state index contributed by atoms with van der Waals surface area (Å²) >= 11 is 0. The molecule has 3 rings (SSSR count). The molecule has 0 aliphatic heterocycles. The van der Waals surface area contributed by atoms with Gasteiger partial charge in [-0.05, 0) is 46.9 Å². The number of benzene rings is 1. The van der Waals surface area contributed by atoms with Gasteiger partial charge in [0.25, 0.3) is 0 Å². The summed E-state index contributed by atoms with van der Waals surface area (Å²) in [6, 6.07) is 7.89. The molecule has 2 nitrogen and oxygen atoms in total. The van der Waals surface area contributed by atoms with E-state index in [1.165, 1.54) is 5.57 Å². The second-order valence-electron chi connectivity index (χ2n) is 4.88. The Balaban J connectivity index is 2.19. The third kappa shape index (κ3) is 2.00. The third-order valence-electron chi connectivity index (χ3n) is 3.45. The number of nitrogens with two attached hydrogens (primary N) is 1. The van der Waals surface area contributed by atoms with Crippen molar-refractivity contribution in [2.75, 3.05) is 0 Å². The SMILES string of the molecule is CC1=CC2=C(c3cccc(CN)c3)C(=O)C=CC2=C1. The lowest BCUT2D eigenvalue weighted by Gasteiger charge is -2.14. The number of hydrogen-bond acceptors (Lipinski definition) is 2. The Labute approximate surface area is 112 Å². The second-order valence-corrected chi connectivity index (χ2v) is 4.88. The van der Waals surface area contributed by atoms with Crippen LogP contribution in [-0.4, -0.2) is 5.78 Å². The Hall–Kier alpha value is -2.19. The lowest BCUT2D eigenvalue weighted by molar-refractivity contribution is -0.109. The molecule has 0 spiro atoms. The molecule has 0 unspecified atom stereocenters. The summed E-state index contributed by atoms with van der Waals surface area (Å²) in [5.41, 5.74) is 11.8. The fourth-order valence-corrected chi connectivity index (χ4v) is 2.56. The average molecular weight is 249 g/mol. The van der Waals surface area contributed by atoms with Crippen molar-refractivity contribution < 1.29 is 4.79 Å². The van der Waals surface area contributed by atoms with Crippen LogP contribution >= 0.6 is 0 Å². The monoisotopic (exact) mass is 249 g/mol. The molecule has 2 aliphatic rings. The number of carbonyl (C=O) groups excluding carboxylic acids is 1. The van der Waals surface area contributed by atoms with E-state index in [0.717, 1.165) is 27.8 Å². The van der Waals surface area contributed by atoms with Crippen LogP contribution in [0.2, 0.25) is 0 Å². The van der Waals surface area contributed by atoms with Crippen LogP contribution in [0.25, 0.3) is 5.57 Å². The fraction of sp³-hybridized carbons (Fsp3) is 0.118. The van der Waals surface area contributed by atoms with Gasteiger partial charge >= 0.3 is 0 Å². The van der Waals surface area contributed by atoms with Gasteiger partial charge in [-0.15, -0.1) is 0 Å². The second kappa shape index (κ2) is 4.48. The molecule has 0 radical (unpaired) electrons. The number of allylic oxidation sites excluding steroid dienone is 8. The van der Waals surface area contributed by atoms with Crippen molar-refractivity contribution in [2.45, 2.75) is 13.5 Å². The number of ketones is 1. The highest BCUT2D eigenvalue weighted by atomic mass is 16.1. The molecular weight excluding hydrogens is 234 g/mol. The molecule has 0 fully saturated rings. The molecule has 0 aromatic heterocycles. The van der Waals surface area contributed by atoms with Crippen molar-refractivity contribution in [3.8, 4) is 0 Å². The van der Waals surface area contributed by atoms with Gasteiger partial charge < -0.3 is 5.73 Å². The lowest BCUT2D eigenvalue weighted by Crippen LogP contribution is -2.07. The van der Waals surface area contributed by atoms with Crippen molar-refractivity contribution in [1.82, 2.24) is 0 Å². The zero-order valence-electron chi connectivity index (χ0n) is 10.8. The minimum atomic E-state index is 0.0623. The summed E-state index contributed by atoms with van der Waals surface area (Å²) < 4.78 is 0. The summed E-state index contributed by atoms with van der Waals surface area (Å²) in [6.45, 7) is 2.53. The summed E-state index contributed by atoms with van der Waals surface area (Å²) in [5, 5.41) is 0. The van der Waals surface area contributed by atoms with Crippen LogP contribution in [0.5, 0.6) is 0 Å². The highest BCUT2D eigenvalue weighted by molar-refractivity contribution is 6.29. The molecule has 94 valence electrons. The van der Waals surface area contributed by atoms with Crippen molar-refractivity contribution in [2.24, 2.45) is 5.73 Å². The van der Waals surface area contributed by atoms with Gasteiger partial charge in [0.05, 0.1) is 0 Å². The predicted molar refractivity (Wildman–Crippen MR) is 77.2 cm³/mol. The van der Waals surface area contributed by atoms with Gasteiger partial charge in [0.1, 0.15) is 0 Å². The third-order valence-corrected chi connectivity index (χ3v) is 3.45. The maximum Gasteiger partial charge on any atom is 0.187 e. The van der Waals surface area contributed by atoms with E-state index in [1.807, 2.05) is 37.3 Å². The van der Waals surface area contributed by atoms with Crippen molar-refractivity contribution in [3.63, 3.8) is 0 Å². The largest absolute Gasteiger partial charge is 0.326 e. The Morgan fingerprint density at radius 2 is 2.00 bits per heavy atom. The van der Waals surface area contributed by atoms with Crippen LogP contribution in [0.3, 0.4) is 0 Å². The molecular formula is C17H15NO. The summed E-state index contributed by atoms with van der Waals surface area (Å²) in [6.07, 6.45) is 7.71. The Morgan fingerprint density at radius 1 is 1.16 bits per heavy atom. The maximum absolute atomic E-state index is 12.2. The maximum atomic E-state index is 12.2. The van der Waals surface area contributed by atoms with Crippen LogP contribution in [0, 0.1) is 0 Å². The molecule has 0 amide bonds. The van der Waals surface area contributed by atoms with Crippen molar-refractivity contribution >= 4 is 11.4 Å². The normalized spacial score (nSPS) is 17.5. The smallest absolute Gasteiger partial charge is 0.187 e. The zero-order valence-corrected chi connectivity index (χ0v) is 10.8. The van der Waals surface area contributed by atoms with Crippen LogP contribution < -0.4 is 5.73 Å². The van der Waals surface area contributed by atoms with Crippen LogP contribution in [0.4, 0.5) is 0 Å². The Kier molecular flexibility index (Phi) is 2.80. The van der Waals surface area contributed by atoms with Gasteiger partial charge in [-0.1, -0.05) is 36.4 Å². The average Bonchev–Trinajstić information content (AvgIpc) is 2.79. The molecule has 19 heavy (non-hydrogen) atoms. The molecule has 1 aromatic carbocycles. The predicted octanol–water partition coefficient (Wildman–Crippen LogP) is 2.92. The molecule has 0 saturated heterocycles. The van der Waals surface area contributed by atoms with E-state index in [2.05, 4.69) is 12.2 Å². The number of fused-ring (bicyclic) bond motifs is 1. The molecule has 1 aromatic rings. The minimum Gasteiger partial charge on any atom is -0.326 e. The van der Waals surface area contributed by atoms with Gasteiger partial charge in [-0.2, -0.15) is 0 Å². The summed E-state index contributed by atoms with van der Waals surface area (Å²) in [5.74, 6) is 0.0623. The van der Waals surface area contributed by atoms with Gasteiger partial charge in [0.15, 0.2) is 5.78 Å². The number of hydrogen-bond donors (Lipinski definition) is 1. The first-order valence-corrected chi connectivity index (χ1v) is 6.35. The number of carbonyl (C=O) groups is 1. The zero-order chi connectivity index (χ0) is 13.4. The topological polar surface area (TPSA) is 43.1 Å². The Bertz CT molecular complexity index is 687. The fourth-order valence-electron chi connectivity index (χ4n) is 2.56. The standard InChI is InChI=1S/C17H15NO/c1-11-7-13-5-6-16(19)17(15(13)8-11)14-4-2-3-12(9-14)10-18/h2-9H,10,18H2,1H3. The first-order chi connectivity index (χ1) is 9.19. The van der Waals surface area contributed by atoms with Gasteiger partial charge in [0, 0.05) is 12.1 Å². The first kappa shape index (κ1) is 11.9. The lowest BCUT2D eigenvalue weighted by atomic mass is 9.88. The van der Waals surface area contributed by atoms with Crippen LogP contribution in [-0.2, 0) is 11.3 Å². The molecule has 2 heteroatoms. The van der Waals surface area contributed by atoms with E-state index in [4.69, 9.17) is 5.73 Å². The van der Waals surface area contributed by atoms with E-state index in [9.17, 15) is 4.79 Å². The van der Waals surface area contributed by atoms with E-state index in [-0.39, 0.29) is 5.78 Å². The van der Waals surface area contributed by atoms with Gasteiger partial charge in [0.2, 0.25) is 0 Å². The van der Waals surface area contributed by atoms with Crippen LogP contribution in [0.1, 0.15) is 18.1 Å². The van der Waals surface area contributed by atoms with E-state index in [0.29, 0.717) is 6.54 Å². The van der Waals surface area contributed by atoms with Gasteiger partial charge in [-0.3, -0.25) is 4.79 Å². The molecule has 0 saturated carbocycles. The summed E-state index contributed by atoms with van der Waals surface area (Å²) in [7, 11) is 0. The molecule has 2 aliphatic carbocycles. The molecule has 0 heterocycles. The van der Waals surface area contributed by atoms with Crippen molar-refractivity contribution in [3.05, 3.63) is 76.4 Å². The van der Waals surface area contributed by atoms with E-state index in [1.54, 1.807) is 6.08 Å². The first-order valence-electron chi connectivity index (χ1n) is 6.35. The number of rotatable bonds is 2. The molecule has 0 bridgehead atoms. The minimum absolute atomic E-state index is 0.0623. The highest BCUT2D eigenvalue weighted by Crippen LogP contribution is 2.35. The van der Waals surface area contributed by atoms with Crippen molar-refractivity contribution in [1.29, 1.82) is 0 Å². The summed E-state index contributed by atoms with van der Waals surface area (Å²) in [4.78, 5) is 12.2. The molecule has 0 atom stereocenters. The van der Waals surface area contributed by atoms with Crippen LogP contribution in [0.15, 0.2) is 65.3 Å². The van der Waals surface area contributed by atoms with Gasteiger partial charge in [-0.25, -0.2) is 0 Å². The molecule has 2 N–H and O–H groups in total. The van der Waals surface area contributed by atoms with E-state index >= 15 is 0 Å². The van der Waals surface area contributed by atoms with E-state index < -0.39 is 0 Å².